The largest absolute Gasteiger partial charge is 0.464 e. The van der Waals surface area contributed by atoms with Gasteiger partial charge in [-0.15, -0.1) is 0 Å². The zero-order chi connectivity index (χ0) is 29.7. The lowest BCUT2D eigenvalue weighted by Gasteiger charge is -2.16. The number of hydrogen-bond donors (Lipinski definition) is 4. The van der Waals surface area contributed by atoms with Crippen molar-refractivity contribution in [1.82, 2.24) is 15.0 Å². The number of ether oxygens (including phenoxy) is 1. The number of hydrogen-bond acceptors (Lipinski definition) is 5. The van der Waals surface area contributed by atoms with Crippen molar-refractivity contribution < 1.29 is 19.1 Å². The standard InChI is InChI=1S/C34H28N6O4/c1-44-34(43)29-16-22-19-10-13-40(31(19)7-5-26(22)38-29)33(42)28-15-21-18-9-12-39(30(18)6-4-25(21)37-28)32(41)27-14-20-17-8-11-35-23(17)2-3-24(20)36-27/h2-7,14-16,35-38H,8-13H2,1H3. The van der Waals surface area contributed by atoms with Crippen LogP contribution in [0.25, 0.3) is 32.7 Å². The summed E-state index contributed by atoms with van der Waals surface area (Å²) in [4.78, 5) is 53.1. The first-order chi connectivity index (χ1) is 21.5. The van der Waals surface area contributed by atoms with Gasteiger partial charge in [-0.1, -0.05) is 0 Å². The number of fused-ring (bicyclic) bond motifs is 9. The second-order valence-electron chi connectivity index (χ2n) is 11.7. The summed E-state index contributed by atoms with van der Waals surface area (Å²) in [6.45, 7) is 2.04. The molecule has 6 aromatic rings. The fourth-order valence-corrected chi connectivity index (χ4v) is 7.41. The zero-order valence-electron chi connectivity index (χ0n) is 24.0. The summed E-state index contributed by atoms with van der Waals surface area (Å²) >= 11 is 0. The smallest absolute Gasteiger partial charge is 0.354 e. The molecular weight excluding hydrogens is 556 g/mol. The van der Waals surface area contributed by atoms with Crippen molar-refractivity contribution in [1.29, 1.82) is 0 Å². The highest BCUT2D eigenvalue weighted by Crippen LogP contribution is 2.39. The van der Waals surface area contributed by atoms with E-state index in [1.165, 1.54) is 12.7 Å². The third kappa shape index (κ3) is 3.45. The van der Waals surface area contributed by atoms with Crippen molar-refractivity contribution in [2.24, 2.45) is 0 Å². The van der Waals surface area contributed by atoms with Gasteiger partial charge < -0.3 is 34.8 Å². The van der Waals surface area contributed by atoms with Crippen LogP contribution in [-0.4, -0.2) is 59.5 Å². The maximum atomic E-state index is 13.8. The summed E-state index contributed by atoms with van der Waals surface area (Å²) in [5.74, 6) is -0.581. The van der Waals surface area contributed by atoms with Crippen molar-refractivity contribution in [3.8, 4) is 0 Å². The maximum absolute atomic E-state index is 13.8. The van der Waals surface area contributed by atoms with E-state index in [2.05, 4.69) is 26.3 Å². The first-order valence-corrected chi connectivity index (χ1v) is 14.9. The summed E-state index contributed by atoms with van der Waals surface area (Å²) in [7, 11) is 1.36. The van der Waals surface area contributed by atoms with Gasteiger partial charge in [0.2, 0.25) is 0 Å². The highest BCUT2D eigenvalue weighted by molar-refractivity contribution is 6.13. The Morgan fingerprint density at radius 1 is 0.636 bits per heavy atom. The van der Waals surface area contributed by atoms with Gasteiger partial charge in [-0.05, 0) is 90.6 Å². The molecule has 10 heteroatoms. The van der Waals surface area contributed by atoms with E-state index >= 15 is 0 Å². The van der Waals surface area contributed by atoms with E-state index in [9.17, 15) is 14.4 Å². The predicted octanol–water partition coefficient (Wildman–Crippen LogP) is 5.29. The van der Waals surface area contributed by atoms with Crippen LogP contribution < -0.4 is 15.1 Å². The molecule has 2 amide bonds. The van der Waals surface area contributed by atoms with Gasteiger partial charge in [-0.2, -0.15) is 0 Å². The molecule has 3 aliphatic rings. The van der Waals surface area contributed by atoms with Crippen LogP contribution in [-0.2, 0) is 24.0 Å². The molecule has 0 saturated carbocycles. The minimum absolute atomic E-state index is 0.0501. The van der Waals surface area contributed by atoms with Crippen LogP contribution in [0.3, 0.4) is 0 Å². The number of rotatable bonds is 3. The molecule has 0 aliphatic carbocycles. The zero-order valence-corrected chi connectivity index (χ0v) is 24.0. The molecule has 3 aliphatic heterocycles. The lowest BCUT2D eigenvalue weighted by atomic mass is 10.1. The Balaban J connectivity index is 1.02. The number of aromatic amines is 3. The fraction of sp³-hybridized carbons (Fsp3) is 0.206. The van der Waals surface area contributed by atoms with Gasteiger partial charge in [0.05, 0.1) is 7.11 Å². The lowest BCUT2D eigenvalue weighted by molar-refractivity contribution is 0.0595. The van der Waals surface area contributed by atoms with E-state index in [-0.39, 0.29) is 11.8 Å². The molecule has 4 N–H and O–H groups in total. The summed E-state index contributed by atoms with van der Waals surface area (Å²) in [5.41, 5.74) is 10.4. The van der Waals surface area contributed by atoms with Gasteiger partial charge in [-0.25, -0.2) is 4.79 Å². The SMILES string of the molecule is COC(=O)c1cc2c3c(ccc2[nH]1)N(C(=O)c1cc2c4c(ccc2[nH]1)N(C(=O)c1cc2c5c(ccc2[nH]1)NCC5)CC4)CC3. The number of benzene rings is 3. The van der Waals surface area contributed by atoms with Crippen molar-refractivity contribution in [2.75, 3.05) is 41.9 Å². The molecule has 0 spiro atoms. The molecule has 3 aromatic heterocycles. The predicted molar refractivity (Wildman–Crippen MR) is 169 cm³/mol. The number of carbonyl (C=O) groups is 3. The van der Waals surface area contributed by atoms with Gasteiger partial charge in [0.1, 0.15) is 17.1 Å². The van der Waals surface area contributed by atoms with Crippen molar-refractivity contribution in [3.05, 3.63) is 88.4 Å². The second kappa shape index (κ2) is 9.00. The van der Waals surface area contributed by atoms with Crippen molar-refractivity contribution >= 4 is 67.6 Å². The van der Waals surface area contributed by atoms with Crippen LogP contribution in [0.4, 0.5) is 17.1 Å². The molecular formula is C34H28N6O4. The highest BCUT2D eigenvalue weighted by Gasteiger charge is 2.32. The summed E-state index contributed by atoms with van der Waals surface area (Å²) in [6, 6.07) is 17.6. The highest BCUT2D eigenvalue weighted by atomic mass is 16.5. The third-order valence-corrected chi connectivity index (χ3v) is 9.50. The number of anilines is 3. The minimum Gasteiger partial charge on any atom is -0.464 e. The first-order valence-electron chi connectivity index (χ1n) is 14.9. The molecule has 218 valence electrons. The Bertz CT molecular complexity index is 2240. The molecule has 0 radical (unpaired) electrons. The Kier molecular flexibility index (Phi) is 5.12. The van der Waals surface area contributed by atoms with Crippen LogP contribution in [0.1, 0.15) is 48.2 Å². The number of methoxy groups -OCH3 is 1. The number of nitrogens with zero attached hydrogens (tertiary/aromatic N) is 2. The van der Waals surface area contributed by atoms with E-state index < -0.39 is 5.97 Å². The molecule has 6 heterocycles. The van der Waals surface area contributed by atoms with Gasteiger partial charge >= 0.3 is 5.97 Å². The number of carbonyl (C=O) groups excluding carboxylic acids is 3. The van der Waals surface area contributed by atoms with Crippen LogP contribution in [0.2, 0.25) is 0 Å². The third-order valence-electron chi connectivity index (χ3n) is 9.50. The number of aromatic nitrogens is 3. The first kappa shape index (κ1) is 25.0. The van der Waals surface area contributed by atoms with Gasteiger partial charge in [-0.3, -0.25) is 9.59 Å². The normalized spacial score (nSPS) is 15.2. The van der Waals surface area contributed by atoms with E-state index in [0.29, 0.717) is 43.0 Å². The van der Waals surface area contributed by atoms with E-state index in [1.807, 2.05) is 47.4 Å². The molecule has 3 aromatic carbocycles. The number of nitrogens with one attached hydrogen (secondary N) is 4. The quantitative estimate of drug-likeness (QED) is 0.210. The van der Waals surface area contributed by atoms with Gasteiger partial charge in [0, 0.05) is 69.4 Å². The Labute approximate surface area is 251 Å². The van der Waals surface area contributed by atoms with Crippen molar-refractivity contribution in [3.63, 3.8) is 0 Å². The molecule has 0 bridgehead atoms. The number of H-pyrrole nitrogens is 3. The molecule has 0 fully saturated rings. The van der Waals surface area contributed by atoms with Crippen LogP contribution in [0.5, 0.6) is 0 Å². The fourth-order valence-electron chi connectivity index (χ4n) is 7.41. The van der Waals surface area contributed by atoms with E-state index in [1.54, 1.807) is 11.0 Å². The van der Waals surface area contributed by atoms with Gasteiger partial charge in [0.25, 0.3) is 11.8 Å². The molecule has 0 saturated heterocycles. The molecule has 9 rings (SSSR count). The average molecular weight is 585 g/mol. The lowest BCUT2D eigenvalue weighted by Crippen LogP contribution is -2.29. The summed E-state index contributed by atoms with van der Waals surface area (Å²) in [5, 5.41) is 6.39. The summed E-state index contributed by atoms with van der Waals surface area (Å²) in [6.07, 6.45) is 2.35. The molecule has 0 unspecified atom stereocenters. The maximum Gasteiger partial charge on any atom is 0.354 e. The van der Waals surface area contributed by atoms with Crippen LogP contribution >= 0.6 is 0 Å². The summed E-state index contributed by atoms with van der Waals surface area (Å²) < 4.78 is 4.87. The molecule has 10 nitrogen and oxygen atoms in total. The Hall–Kier alpha value is -5.51. The number of amides is 2. The Morgan fingerprint density at radius 2 is 1.14 bits per heavy atom. The van der Waals surface area contributed by atoms with E-state index in [4.69, 9.17) is 4.74 Å². The van der Waals surface area contributed by atoms with Crippen LogP contribution in [0, 0.1) is 0 Å². The van der Waals surface area contributed by atoms with Crippen LogP contribution in [0.15, 0.2) is 54.6 Å². The van der Waals surface area contributed by atoms with Gasteiger partial charge in [0.15, 0.2) is 0 Å². The monoisotopic (exact) mass is 584 g/mol. The van der Waals surface area contributed by atoms with Crippen molar-refractivity contribution in [2.45, 2.75) is 19.3 Å². The topological polar surface area (TPSA) is 126 Å². The minimum atomic E-state index is -0.422. The molecule has 0 atom stereocenters. The molecule has 44 heavy (non-hydrogen) atoms. The number of esters is 1. The average Bonchev–Trinajstić information content (AvgIpc) is 3.88. The van der Waals surface area contributed by atoms with E-state index in [0.717, 1.165) is 73.9 Å². The Morgan fingerprint density at radius 3 is 1.70 bits per heavy atom. The second-order valence-corrected chi connectivity index (χ2v) is 11.7.